The van der Waals surface area contributed by atoms with Crippen molar-refractivity contribution >= 4 is 29.6 Å². The van der Waals surface area contributed by atoms with E-state index in [4.69, 9.17) is 21.1 Å². The van der Waals surface area contributed by atoms with E-state index in [9.17, 15) is 4.79 Å². The lowest BCUT2D eigenvalue weighted by molar-refractivity contribution is 0.0104. The maximum atomic E-state index is 11.9. The van der Waals surface area contributed by atoms with E-state index in [0.29, 0.717) is 38.2 Å². The van der Waals surface area contributed by atoms with Crippen molar-refractivity contribution in [3.8, 4) is 0 Å². The summed E-state index contributed by atoms with van der Waals surface area (Å²) in [5, 5.41) is 3.33. The zero-order valence-electron chi connectivity index (χ0n) is 14.7. The zero-order chi connectivity index (χ0) is 18.0. The van der Waals surface area contributed by atoms with Crippen molar-refractivity contribution in [3.63, 3.8) is 0 Å². The number of carbonyl (C=O) groups is 1. The molecule has 2 aliphatic heterocycles. The SMILES string of the molecule is CC(C)(C)OC(=O)N1CC(Nc2nc(Cl)nc(N3CCOCC3)n2)C1. The summed E-state index contributed by atoms with van der Waals surface area (Å²) < 4.78 is 10.7. The summed E-state index contributed by atoms with van der Waals surface area (Å²) in [7, 11) is 0. The van der Waals surface area contributed by atoms with Crippen LogP contribution in [0.1, 0.15) is 20.8 Å². The lowest BCUT2D eigenvalue weighted by Crippen LogP contribution is -2.58. The molecule has 0 radical (unpaired) electrons. The number of anilines is 2. The quantitative estimate of drug-likeness (QED) is 0.853. The minimum Gasteiger partial charge on any atom is -0.444 e. The molecule has 2 saturated heterocycles. The predicted octanol–water partition coefficient (Wildman–Crippen LogP) is 1.39. The van der Waals surface area contributed by atoms with Gasteiger partial charge in [0.1, 0.15) is 5.60 Å². The van der Waals surface area contributed by atoms with Gasteiger partial charge in [-0.25, -0.2) is 4.79 Å². The van der Waals surface area contributed by atoms with E-state index < -0.39 is 5.60 Å². The number of rotatable bonds is 3. The Balaban J connectivity index is 1.55. The van der Waals surface area contributed by atoms with Gasteiger partial charge < -0.3 is 24.6 Å². The highest BCUT2D eigenvalue weighted by atomic mass is 35.5. The Kier molecular flexibility index (Phi) is 5.14. The standard InChI is InChI=1S/C15H23ClN6O3/c1-15(2,3)25-14(23)22-8-10(9-22)17-12-18-11(16)19-13(20-12)21-4-6-24-7-5-21/h10H,4-9H2,1-3H3,(H,17,18,19,20). The summed E-state index contributed by atoms with van der Waals surface area (Å²) in [6, 6.07) is 0.0588. The second-order valence-electron chi connectivity index (χ2n) is 7.05. The van der Waals surface area contributed by atoms with Crippen LogP contribution in [-0.4, -0.2) is 77.0 Å². The molecule has 0 bridgehead atoms. The molecule has 0 atom stereocenters. The van der Waals surface area contributed by atoms with Crippen LogP contribution in [-0.2, 0) is 9.47 Å². The summed E-state index contributed by atoms with van der Waals surface area (Å²) in [6.45, 7) is 9.32. The summed E-state index contributed by atoms with van der Waals surface area (Å²) in [5.41, 5.74) is -0.496. The molecule has 0 unspecified atom stereocenters. The van der Waals surface area contributed by atoms with Gasteiger partial charge >= 0.3 is 6.09 Å². The van der Waals surface area contributed by atoms with Crippen LogP contribution in [0, 0.1) is 0 Å². The molecular weight excluding hydrogens is 348 g/mol. The molecule has 0 aromatic carbocycles. The van der Waals surface area contributed by atoms with E-state index in [1.54, 1.807) is 4.90 Å². The van der Waals surface area contributed by atoms with Crippen LogP contribution in [0.3, 0.4) is 0 Å². The zero-order valence-corrected chi connectivity index (χ0v) is 15.4. The van der Waals surface area contributed by atoms with Gasteiger partial charge in [0.25, 0.3) is 0 Å². The van der Waals surface area contributed by atoms with E-state index in [-0.39, 0.29) is 17.4 Å². The van der Waals surface area contributed by atoms with E-state index >= 15 is 0 Å². The molecule has 2 fully saturated rings. The molecule has 9 nitrogen and oxygen atoms in total. The van der Waals surface area contributed by atoms with Crippen LogP contribution in [0.15, 0.2) is 0 Å². The summed E-state index contributed by atoms with van der Waals surface area (Å²) in [5.74, 6) is 0.949. The topological polar surface area (TPSA) is 92.7 Å². The molecule has 1 N–H and O–H groups in total. The number of carbonyl (C=O) groups excluding carboxylic acids is 1. The Morgan fingerprint density at radius 2 is 1.92 bits per heavy atom. The number of amides is 1. The number of hydrogen-bond donors (Lipinski definition) is 1. The average molecular weight is 371 g/mol. The van der Waals surface area contributed by atoms with Crippen LogP contribution in [0.5, 0.6) is 0 Å². The Hall–Kier alpha value is -1.87. The Morgan fingerprint density at radius 3 is 2.56 bits per heavy atom. The minimum atomic E-state index is -0.496. The molecule has 0 spiro atoms. The van der Waals surface area contributed by atoms with Crippen molar-refractivity contribution in [1.82, 2.24) is 19.9 Å². The summed E-state index contributed by atoms with van der Waals surface area (Å²) >= 11 is 6.02. The van der Waals surface area contributed by atoms with Crippen molar-refractivity contribution in [1.29, 1.82) is 0 Å². The molecule has 0 aliphatic carbocycles. The Bertz CT molecular complexity index is 626. The number of ether oxygens (including phenoxy) is 2. The number of aromatic nitrogens is 3. The highest BCUT2D eigenvalue weighted by Gasteiger charge is 2.34. The molecule has 0 saturated carbocycles. The van der Waals surface area contributed by atoms with Gasteiger partial charge in [0.2, 0.25) is 17.2 Å². The molecule has 138 valence electrons. The third kappa shape index (κ3) is 4.82. The molecule has 1 amide bonds. The van der Waals surface area contributed by atoms with Gasteiger partial charge in [-0.15, -0.1) is 0 Å². The first-order chi connectivity index (χ1) is 11.8. The fraction of sp³-hybridized carbons (Fsp3) is 0.733. The van der Waals surface area contributed by atoms with Crippen molar-refractivity contribution in [2.24, 2.45) is 0 Å². The maximum Gasteiger partial charge on any atom is 0.410 e. The van der Waals surface area contributed by atoms with E-state index in [0.717, 1.165) is 13.1 Å². The van der Waals surface area contributed by atoms with Crippen molar-refractivity contribution in [2.45, 2.75) is 32.4 Å². The van der Waals surface area contributed by atoms with Crippen LogP contribution < -0.4 is 10.2 Å². The van der Waals surface area contributed by atoms with Gasteiger partial charge in [-0.1, -0.05) is 0 Å². The Labute approximate surface area is 151 Å². The lowest BCUT2D eigenvalue weighted by atomic mass is 10.1. The van der Waals surface area contributed by atoms with Crippen LogP contribution >= 0.6 is 11.6 Å². The first kappa shape index (κ1) is 17.9. The van der Waals surface area contributed by atoms with Crippen LogP contribution in [0.4, 0.5) is 16.7 Å². The molecule has 10 heteroatoms. The summed E-state index contributed by atoms with van der Waals surface area (Å²) in [6.07, 6.45) is -0.312. The van der Waals surface area contributed by atoms with E-state index in [2.05, 4.69) is 20.3 Å². The van der Waals surface area contributed by atoms with Crippen molar-refractivity contribution < 1.29 is 14.3 Å². The van der Waals surface area contributed by atoms with Crippen molar-refractivity contribution in [3.05, 3.63) is 5.28 Å². The molecule has 2 aliphatic rings. The normalized spacial score (nSPS) is 18.7. The summed E-state index contributed by atoms with van der Waals surface area (Å²) in [4.78, 5) is 28.3. The van der Waals surface area contributed by atoms with Crippen LogP contribution in [0.2, 0.25) is 5.28 Å². The molecule has 1 aromatic rings. The number of halogens is 1. The first-order valence-corrected chi connectivity index (χ1v) is 8.67. The van der Waals surface area contributed by atoms with Crippen molar-refractivity contribution in [2.75, 3.05) is 49.6 Å². The molecule has 3 heterocycles. The fourth-order valence-electron chi connectivity index (χ4n) is 2.54. The number of likely N-dealkylation sites (tertiary alicyclic amines) is 1. The smallest absolute Gasteiger partial charge is 0.410 e. The Morgan fingerprint density at radius 1 is 1.24 bits per heavy atom. The third-order valence-electron chi connectivity index (χ3n) is 3.76. The maximum absolute atomic E-state index is 11.9. The molecule has 3 rings (SSSR count). The second kappa shape index (κ2) is 7.17. The minimum absolute atomic E-state index is 0.0588. The van der Waals surface area contributed by atoms with Gasteiger partial charge in [-0.2, -0.15) is 15.0 Å². The van der Waals surface area contributed by atoms with Crippen LogP contribution in [0.25, 0.3) is 0 Å². The first-order valence-electron chi connectivity index (χ1n) is 8.29. The lowest BCUT2D eigenvalue weighted by Gasteiger charge is -2.40. The second-order valence-corrected chi connectivity index (χ2v) is 7.39. The third-order valence-corrected chi connectivity index (χ3v) is 3.93. The monoisotopic (exact) mass is 370 g/mol. The van der Waals surface area contributed by atoms with Gasteiger partial charge in [-0.05, 0) is 32.4 Å². The predicted molar refractivity (Wildman–Crippen MR) is 93.1 cm³/mol. The molecule has 25 heavy (non-hydrogen) atoms. The number of nitrogens with zero attached hydrogens (tertiary/aromatic N) is 5. The molecular formula is C15H23ClN6O3. The van der Waals surface area contributed by atoms with Gasteiger partial charge in [-0.3, -0.25) is 0 Å². The molecule has 1 aromatic heterocycles. The highest BCUT2D eigenvalue weighted by Crippen LogP contribution is 2.19. The highest BCUT2D eigenvalue weighted by molar-refractivity contribution is 6.28. The number of nitrogens with one attached hydrogen (secondary N) is 1. The van der Waals surface area contributed by atoms with E-state index in [1.165, 1.54) is 0 Å². The van der Waals surface area contributed by atoms with Gasteiger partial charge in [0.05, 0.1) is 19.3 Å². The largest absolute Gasteiger partial charge is 0.444 e. The number of morpholine rings is 1. The average Bonchev–Trinajstić information content (AvgIpc) is 2.49. The fourth-order valence-corrected chi connectivity index (χ4v) is 2.69. The van der Waals surface area contributed by atoms with Gasteiger partial charge in [0.15, 0.2) is 0 Å². The van der Waals surface area contributed by atoms with Gasteiger partial charge in [0, 0.05) is 26.2 Å². The van der Waals surface area contributed by atoms with E-state index in [1.807, 2.05) is 25.7 Å². The number of hydrogen-bond acceptors (Lipinski definition) is 8.